The van der Waals surface area contributed by atoms with Crippen molar-refractivity contribution >= 4 is 0 Å². The second-order valence-electron chi connectivity index (χ2n) is 8.34. The van der Waals surface area contributed by atoms with E-state index in [1.165, 1.54) is 44.3 Å². The number of aliphatic hydroxyl groups is 1. The number of likely N-dealkylation sites (N-methyl/N-ethyl adjacent to an activating group) is 1. The molecule has 1 saturated heterocycles. The number of aryl methyl sites for hydroxylation is 1. The lowest BCUT2D eigenvalue weighted by Gasteiger charge is -2.40. The Labute approximate surface area is 154 Å². The fourth-order valence-corrected chi connectivity index (χ4v) is 4.65. The first-order chi connectivity index (χ1) is 12.2. The fraction of sp³-hybridized carbons (Fsp3) is 0.727. The summed E-state index contributed by atoms with van der Waals surface area (Å²) in [6, 6.07) is 10.7. The average Bonchev–Trinajstić information content (AvgIpc) is 2.80. The third-order valence-corrected chi connectivity index (χ3v) is 6.41. The van der Waals surface area contributed by atoms with Crippen LogP contribution in [0.4, 0.5) is 0 Å². The molecule has 1 N–H and O–H groups in total. The van der Waals surface area contributed by atoms with Crippen LogP contribution in [0, 0.1) is 5.92 Å². The van der Waals surface area contributed by atoms with Gasteiger partial charge in [-0.15, -0.1) is 0 Å². The Bertz CT molecular complexity index is 498. The lowest BCUT2D eigenvalue weighted by Crippen LogP contribution is -2.50. The number of hydrogen-bond acceptors (Lipinski definition) is 3. The third kappa shape index (κ3) is 5.54. The second-order valence-corrected chi connectivity index (χ2v) is 8.34. The highest BCUT2D eigenvalue weighted by molar-refractivity contribution is 5.14. The largest absolute Gasteiger partial charge is 0.390 e. The van der Waals surface area contributed by atoms with Crippen LogP contribution >= 0.6 is 0 Å². The maximum atomic E-state index is 11.5. The fourth-order valence-electron chi connectivity index (χ4n) is 4.65. The van der Waals surface area contributed by atoms with Crippen LogP contribution in [0.25, 0.3) is 0 Å². The van der Waals surface area contributed by atoms with Crippen molar-refractivity contribution in [1.29, 1.82) is 0 Å². The molecule has 0 radical (unpaired) electrons. The molecule has 0 amide bonds. The summed E-state index contributed by atoms with van der Waals surface area (Å²) in [5, 5.41) is 11.5. The number of rotatable bonds is 6. The number of benzene rings is 1. The zero-order chi connectivity index (χ0) is 17.5. The first-order valence-electron chi connectivity index (χ1n) is 10.3. The number of hydrogen-bond donors (Lipinski definition) is 1. The summed E-state index contributed by atoms with van der Waals surface area (Å²) in [5.74, 6) is 0.453. The van der Waals surface area contributed by atoms with E-state index in [1.807, 2.05) is 0 Å². The molecule has 1 aliphatic heterocycles. The van der Waals surface area contributed by atoms with Gasteiger partial charge in [0.25, 0.3) is 0 Å². The van der Waals surface area contributed by atoms with Crippen LogP contribution in [-0.2, 0) is 6.42 Å². The van der Waals surface area contributed by atoms with E-state index in [0.29, 0.717) is 5.92 Å². The molecule has 3 rings (SSSR count). The molecule has 1 aliphatic carbocycles. The number of nitrogens with zero attached hydrogens (tertiary/aromatic N) is 2. The van der Waals surface area contributed by atoms with E-state index in [4.69, 9.17) is 0 Å². The van der Waals surface area contributed by atoms with Gasteiger partial charge in [-0.1, -0.05) is 49.6 Å². The summed E-state index contributed by atoms with van der Waals surface area (Å²) in [5.41, 5.74) is 0.949. The molecule has 1 heterocycles. The van der Waals surface area contributed by atoms with Crippen molar-refractivity contribution in [3.63, 3.8) is 0 Å². The molecular weight excluding hydrogens is 308 g/mol. The van der Waals surface area contributed by atoms with E-state index >= 15 is 0 Å². The van der Waals surface area contributed by atoms with Crippen LogP contribution in [0.1, 0.15) is 50.5 Å². The zero-order valence-corrected chi connectivity index (χ0v) is 16.0. The minimum absolute atomic E-state index is 0.450. The highest BCUT2D eigenvalue weighted by Crippen LogP contribution is 2.37. The van der Waals surface area contributed by atoms with Gasteiger partial charge >= 0.3 is 0 Å². The van der Waals surface area contributed by atoms with E-state index in [9.17, 15) is 5.11 Å². The Morgan fingerprint density at radius 2 is 1.80 bits per heavy atom. The molecule has 2 fully saturated rings. The zero-order valence-electron chi connectivity index (χ0n) is 16.0. The van der Waals surface area contributed by atoms with Gasteiger partial charge in [0.1, 0.15) is 0 Å². The van der Waals surface area contributed by atoms with Crippen LogP contribution in [-0.4, -0.2) is 60.3 Å². The Balaban J connectivity index is 1.56. The summed E-state index contributed by atoms with van der Waals surface area (Å²) in [6.07, 6.45) is 9.12. The summed E-state index contributed by atoms with van der Waals surface area (Å²) in [6.45, 7) is 5.74. The Kier molecular flexibility index (Phi) is 6.92. The molecule has 1 saturated carbocycles. The Hall–Kier alpha value is -0.900. The average molecular weight is 345 g/mol. The maximum Gasteiger partial charge on any atom is 0.0688 e. The molecule has 0 aromatic heterocycles. The molecule has 140 valence electrons. The Morgan fingerprint density at radius 3 is 2.56 bits per heavy atom. The van der Waals surface area contributed by atoms with E-state index in [1.54, 1.807) is 0 Å². The SMILES string of the molecule is CN1CCN(CC2CCCCCC2(O)CCCc2ccccc2)CC1. The van der Waals surface area contributed by atoms with Crippen molar-refractivity contribution in [2.24, 2.45) is 5.92 Å². The van der Waals surface area contributed by atoms with Crippen LogP contribution in [0.2, 0.25) is 0 Å². The normalized spacial score (nSPS) is 29.4. The van der Waals surface area contributed by atoms with Gasteiger partial charge in [0.2, 0.25) is 0 Å². The molecule has 3 heteroatoms. The molecule has 0 spiro atoms. The smallest absolute Gasteiger partial charge is 0.0688 e. The first-order valence-corrected chi connectivity index (χ1v) is 10.3. The molecule has 0 bridgehead atoms. The van der Waals surface area contributed by atoms with Crippen molar-refractivity contribution in [3.8, 4) is 0 Å². The predicted molar refractivity (Wildman–Crippen MR) is 105 cm³/mol. The molecular formula is C22H36N2O. The third-order valence-electron chi connectivity index (χ3n) is 6.41. The van der Waals surface area contributed by atoms with Crippen LogP contribution < -0.4 is 0 Å². The highest BCUT2D eigenvalue weighted by Gasteiger charge is 2.38. The van der Waals surface area contributed by atoms with Gasteiger partial charge in [-0.3, -0.25) is 0 Å². The molecule has 2 unspecified atom stereocenters. The van der Waals surface area contributed by atoms with Crippen molar-refractivity contribution in [3.05, 3.63) is 35.9 Å². The minimum Gasteiger partial charge on any atom is -0.390 e. The van der Waals surface area contributed by atoms with Gasteiger partial charge in [0.05, 0.1) is 5.60 Å². The lowest BCUT2D eigenvalue weighted by molar-refractivity contribution is -0.0485. The molecule has 2 atom stereocenters. The minimum atomic E-state index is -0.450. The quantitative estimate of drug-likeness (QED) is 0.799. The summed E-state index contributed by atoms with van der Waals surface area (Å²) >= 11 is 0. The van der Waals surface area contributed by atoms with E-state index in [0.717, 1.165) is 45.3 Å². The summed E-state index contributed by atoms with van der Waals surface area (Å²) < 4.78 is 0. The number of piperazine rings is 1. The topological polar surface area (TPSA) is 26.7 Å². The van der Waals surface area contributed by atoms with Gasteiger partial charge in [-0.05, 0) is 44.7 Å². The lowest BCUT2D eigenvalue weighted by atomic mass is 9.78. The van der Waals surface area contributed by atoms with Crippen LogP contribution in [0.5, 0.6) is 0 Å². The van der Waals surface area contributed by atoms with E-state index in [2.05, 4.69) is 47.2 Å². The monoisotopic (exact) mass is 344 g/mol. The predicted octanol–water partition coefficient (Wildman–Crippen LogP) is 3.57. The Morgan fingerprint density at radius 1 is 1.04 bits per heavy atom. The van der Waals surface area contributed by atoms with E-state index < -0.39 is 5.60 Å². The van der Waals surface area contributed by atoms with Gasteiger partial charge in [-0.25, -0.2) is 0 Å². The second kappa shape index (κ2) is 9.16. The van der Waals surface area contributed by atoms with Gasteiger partial charge in [0, 0.05) is 38.6 Å². The summed E-state index contributed by atoms with van der Waals surface area (Å²) in [4.78, 5) is 5.01. The summed E-state index contributed by atoms with van der Waals surface area (Å²) in [7, 11) is 2.21. The standard InChI is InChI=1S/C22H36N2O/c1-23-15-17-24(18-16-23)19-21-12-6-3-7-13-22(21,25)14-8-11-20-9-4-2-5-10-20/h2,4-5,9-10,21,25H,3,6-8,11-19H2,1H3. The molecule has 25 heavy (non-hydrogen) atoms. The van der Waals surface area contributed by atoms with Crippen LogP contribution in [0.3, 0.4) is 0 Å². The molecule has 2 aliphatic rings. The van der Waals surface area contributed by atoms with Gasteiger partial charge in [-0.2, -0.15) is 0 Å². The molecule has 1 aromatic rings. The van der Waals surface area contributed by atoms with E-state index in [-0.39, 0.29) is 0 Å². The van der Waals surface area contributed by atoms with Crippen molar-refractivity contribution in [2.45, 2.75) is 57.0 Å². The van der Waals surface area contributed by atoms with Crippen molar-refractivity contribution < 1.29 is 5.11 Å². The first kappa shape index (κ1) is 18.9. The van der Waals surface area contributed by atoms with Crippen molar-refractivity contribution in [1.82, 2.24) is 9.80 Å². The highest BCUT2D eigenvalue weighted by atomic mass is 16.3. The molecule has 1 aromatic carbocycles. The van der Waals surface area contributed by atoms with Crippen LogP contribution in [0.15, 0.2) is 30.3 Å². The van der Waals surface area contributed by atoms with Gasteiger partial charge in [0.15, 0.2) is 0 Å². The van der Waals surface area contributed by atoms with Crippen molar-refractivity contribution in [2.75, 3.05) is 39.8 Å². The van der Waals surface area contributed by atoms with Gasteiger partial charge < -0.3 is 14.9 Å². The molecule has 3 nitrogen and oxygen atoms in total. The maximum absolute atomic E-state index is 11.5.